The Balaban J connectivity index is 2.19. The minimum absolute atomic E-state index is 0.00523. The van der Waals surface area contributed by atoms with E-state index in [4.69, 9.17) is 0 Å². The molecule has 92 valence electrons. The van der Waals surface area contributed by atoms with Crippen molar-refractivity contribution in [2.75, 3.05) is 6.54 Å². The van der Waals surface area contributed by atoms with Crippen molar-refractivity contribution >= 4 is 10.9 Å². The maximum atomic E-state index is 10.2. The molecule has 0 amide bonds. The quantitative estimate of drug-likeness (QED) is 0.759. The molecule has 1 atom stereocenters. The van der Waals surface area contributed by atoms with Crippen LogP contribution < -0.4 is 5.32 Å². The number of aromatic nitrogens is 2. The highest BCUT2D eigenvalue weighted by molar-refractivity contribution is 5.81. The summed E-state index contributed by atoms with van der Waals surface area (Å²) < 4.78 is 0. The average Bonchev–Trinajstić information content (AvgIpc) is 2.72. The molecule has 0 saturated heterocycles. The summed E-state index contributed by atoms with van der Waals surface area (Å²) >= 11 is 0. The summed E-state index contributed by atoms with van der Waals surface area (Å²) in [4.78, 5) is 0. The monoisotopic (exact) mass is 233 g/mol. The molecule has 0 aliphatic carbocycles. The van der Waals surface area contributed by atoms with Crippen LogP contribution in [0.2, 0.25) is 0 Å². The number of rotatable bonds is 3. The summed E-state index contributed by atoms with van der Waals surface area (Å²) in [5.74, 6) is 0. The molecule has 2 rings (SSSR count). The lowest BCUT2D eigenvalue weighted by atomic mass is 10.0. The number of nitrogens with zero attached hydrogens (tertiary/aromatic N) is 1. The van der Waals surface area contributed by atoms with Crippen molar-refractivity contribution in [2.24, 2.45) is 0 Å². The van der Waals surface area contributed by atoms with E-state index in [0.29, 0.717) is 6.54 Å². The topological polar surface area (TPSA) is 60.9 Å². The van der Waals surface area contributed by atoms with Crippen LogP contribution in [-0.2, 0) is 0 Å². The predicted octanol–water partition coefficient (Wildman–Crippen LogP) is 1.98. The van der Waals surface area contributed by atoms with Crippen LogP contribution in [0.4, 0.5) is 0 Å². The van der Waals surface area contributed by atoms with Gasteiger partial charge in [-0.3, -0.25) is 5.10 Å². The molecule has 0 spiro atoms. The fourth-order valence-electron chi connectivity index (χ4n) is 1.79. The summed E-state index contributed by atoms with van der Waals surface area (Å²) in [5, 5.41) is 21.4. The van der Waals surface area contributed by atoms with Crippen molar-refractivity contribution in [2.45, 2.75) is 32.4 Å². The van der Waals surface area contributed by atoms with Gasteiger partial charge in [0.2, 0.25) is 0 Å². The van der Waals surface area contributed by atoms with Crippen LogP contribution in [0.3, 0.4) is 0 Å². The van der Waals surface area contributed by atoms with Crippen molar-refractivity contribution in [3.63, 3.8) is 0 Å². The van der Waals surface area contributed by atoms with E-state index in [1.54, 1.807) is 6.20 Å². The molecule has 17 heavy (non-hydrogen) atoms. The summed E-state index contributed by atoms with van der Waals surface area (Å²) in [6.45, 7) is 6.78. The maximum Gasteiger partial charge on any atom is 0.0921 e. The van der Waals surface area contributed by atoms with E-state index >= 15 is 0 Å². The van der Waals surface area contributed by atoms with E-state index < -0.39 is 6.10 Å². The van der Waals surface area contributed by atoms with Gasteiger partial charge in [0.15, 0.2) is 0 Å². The zero-order valence-electron chi connectivity index (χ0n) is 10.5. The van der Waals surface area contributed by atoms with Crippen molar-refractivity contribution in [1.82, 2.24) is 15.5 Å². The Hall–Kier alpha value is -1.39. The molecule has 0 bridgehead atoms. The molecule has 0 radical (unpaired) electrons. The molecule has 0 saturated carbocycles. The smallest absolute Gasteiger partial charge is 0.0921 e. The van der Waals surface area contributed by atoms with E-state index in [1.807, 2.05) is 18.2 Å². The third kappa shape index (κ3) is 2.84. The second-order valence-corrected chi connectivity index (χ2v) is 5.33. The number of β-amino-alcohol motifs (C(OH)–C–C–N with tert-alkyl or cyclic N) is 1. The highest BCUT2D eigenvalue weighted by Gasteiger charge is 2.15. The normalized spacial score (nSPS) is 14.1. The Labute approximate surface area is 101 Å². The first-order valence-corrected chi connectivity index (χ1v) is 5.82. The zero-order chi connectivity index (χ0) is 12.5. The third-order valence-corrected chi connectivity index (χ3v) is 2.70. The van der Waals surface area contributed by atoms with Gasteiger partial charge in [0.25, 0.3) is 0 Å². The van der Waals surface area contributed by atoms with Crippen LogP contribution in [0.25, 0.3) is 10.9 Å². The number of H-pyrrole nitrogens is 1. The van der Waals surface area contributed by atoms with Crippen LogP contribution in [-0.4, -0.2) is 27.4 Å². The van der Waals surface area contributed by atoms with Gasteiger partial charge in [0, 0.05) is 17.5 Å². The maximum absolute atomic E-state index is 10.2. The van der Waals surface area contributed by atoms with Crippen molar-refractivity contribution in [1.29, 1.82) is 0 Å². The van der Waals surface area contributed by atoms with Crippen LogP contribution in [0.1, 0.15) is 32.4 Å². The third-order valence-electron chi connectivity index (χ3n) is 2.70. The van der Waals surface area contributed by atoms with Crippen LogP contribution in [0.15, 0.2) is 24.4 Å². The molecule has 0 unspecified atom stereocenters. The first kappa shape index (κ1) is 12.1. The largest absolute Gasteiger partial charge is 0.387 e. The van der Waals surface area contributed by atoms with Crippen molar-refractivity contribution in [3.05, 3.63) is 30.0 Å². The van der Waals surface area contributed by atoms with Crippen LogP contribution >= 0.6 is 0 Å². The molecule has 0 aliphatic rings. The molecule has 1 aromatic heterocycles. The Morgan fingerprint density at radius 2 is 2.18 bits per heavy atom. The number of aromatic amines is 1. The fourth-order valence-corrected chi connectivity index (χ4v) is 1.79. The standard InChI is InChI=1S/C13H19N3O/c1-13(2,3)14-8-12(17)9-5-4-6-11-10(9)7-15-16-11/h4-7,12,14,17H,8H2,1-3H3,(H,15,16)/t12-/m0/s1. The summed E-state index contributed by atoms with van der Waals surface area (Å²) in [6, 6.07) is 5.82. The van der Waals surface area contributed by atoms with Gasteiger partial charge >= 0.3 is 0 Å². The number of nitrogens with one attached hydrogen (secondary N) is 2. The van der Waals surface area contributed by atoms with Crippen molar-refractivity contribution in [3.8, 4) is 0 Å². The van der Waals surface area contributed by atoms with Gasteiger partial charge in [-0.15, -0.1) is 0 Å². The Bertz CT molecular complexity index is 499. The second kappa shape index (κ2) is 4.47. The van der Waals surface area contributed by atoms with Gasteiger partial charge in [0.1, 0.15) is 0 Å². The van der Waals surface area contributed by atoms with E-state index in [2.05, 4.69) is 36.3 Å². The molecular formula is C13H19N3O. The van der Waals surface area contributed by atoms with Gasteiger partial charge in [-0.2, -0.15) is 5.10 Å². The fraction of sp³-hybridized carbons (Fsp3) is 0.462. The number of hydrogen-bond acceptors (Lipinski definition) is 3. The highest BCUT2D eigenvalue weighted by Crippen LogP contribution is 2.22. The van der Waals surface area contributed by atoms with Gasteiger partial charge < -0.3 is 10.4 Å². The average molecular weight is 233 g/mol. The summed E-state index contributed by atoms with van der Waals surface area (Å²) in [5.41, 5.74) is 1.87. The SMILES string of the molecule is CC(C)(C)NC[C@H](O)c1cccc2[nH]ncc12. The molecule has 0 aliphatic heterocycles. The van der Waals surface area contributed by atoms with E-state index in [-0.39, 0.29) is 5.54 Å². The minimum atomic E-state index is -0.518. The Morgan fingerprint density at radius 3 is 2.88 bits per heavy atom. The predicted molar refractivity (Wildman–Crippen MR) is 68.8 cm³/mol. The summed E-state index contributed by atoms with van der Waals surface area (Å²) in [6.07, 6.45) is 1.24. The number of aliphatic hydroxyl groups excluding tert-OH is 1. The molecule has 4 nitrogen and oxygen atoms in total. The number of fused-ring (bicyclic) bond motifs is 1. The van der Waals surface area contributed by atoms with Gasteiger partial charge in [0.05, 0.1) is 17.8 Å². The molecular weight excluding hydrogens is 214 g/mol. The lowest BCUT2D eigenvalue weighted by Crippen LogP contribution is -2.38. The minimum Gasteiger partial charge on any atom is -0.387 e. The zero-order valence-corrected chi connectivity index (χ0v) is 10.5. The van der Waals surface area contributed by atoms with Gasteiger partial charge in [-0.05, 0) is 32.4 Å². The Morgan fingerprint density at radius 1 is 1.41 bits per heavy atom. The van der Waals surface area contributed by atoms with Crippen molar-refractivity contribution < 1.29 is 5.11 Å². The van der Waals surface area contributed by atoms with E-state index in [0.717, 1.165) is 16.5 Å². The van der Waals surface area contributed by atoms with Crippen LogP contribution in [0, 0.1) is 0 Å². The van der Waals surface area contributed by atoms with Crippen LogP contribution in [0.5, 0.6) is 0 Å². The first-order chi connectivity index (χ1) is 7.97. The lowest BCUT2D eigenvalue weighted by Gasteiger charge is -2.23. The summed E-state index contributed by atoms with van der Waals surface area (Å²) in [7, 11) is 0. The van der Waals surface area contributed by atoms with E-state index in [9.17, 15) is 5.11 Å². The second-order valence-electron chi connectivity index (χ2n) is 5.33. The molecule has 1 heterocycles. The first-order valence-electron chi connectivity index (χ1n) is 5.82. The number of aliphatic hydroxyl groups is 1. The highest BCUT2D eigenvalue weighted by atomic mass is 16.3. The van der Waals surface area contributed by atoms with E-state index in [1.165, 1.54) is 0 Å². The Kier molecular flexibility index (Phi) is 3.17. The number of benzene rings is 1. The molecule has 4 heteroatoms. The molecule has 2 aromatic rings. The number of hydrogen-bond donors (Lipinski definition) is 3. The molecule has 3 N–H and O–H groups in total. The molecule has 0 fully saturated rings. The van der Waals surface area contributed by atoms with Gasteiger partial charge in [-0.1, -0.05) is 12.1 Å². The van der Waals surface area contributed by atoms with Gasteiger partial charge in [-0.25, -0.2) is 0 Å². The molecule has 1 aromatic carbocycles. The lowest BCUT2D eigenvalue weighted by molar-refractivity contribution is 0.164.